The van der Waals surface area contributed by atoms with Crippen LogP contribution >= 0.6 is 11.6 Å². The number of sulfone groups is 1. The zero-order valence-corrected chi connectivity index (χ0v) is 28.0. The van der Waals surface area contributed by atoms with Crippen molar-refractivity contribution < 1.29 is 13.2 Å². The van der Waals surface area contributed by atoms with Crippen LogP contribution in [0, 0.1) is 6.92 Å². The number of aromatic nitrogens is 2. The van der Waals surface area contributed by atoms with Crippen LogP contribution in [0.2, 0.25) is 5.02 Å². The van der Waals surface area contributed by atoms with E-state index in [2.05, 4.69) is 71.5 Å². The summed E-state index contributed by atoms with van der Waals surface area (Å²) in [5.41, 5.74) is 4.79. The van der Waals surface area contributed by atoms with Crippen molar-refractivity contribution in [3.63, 3.8) is 0 Å². The molecule has 2 N–H and O–H groups in total. The molecule has 2 aromatic carbocycles. The molecule has 0 saturated carbocycles. The van der Waals surface area contributed by atoms with E-state index < -0.39 is 15.1 Å². The third-order valence-electron chi connectivity index (χ3n) is 7.93. The lowest BCUT2D eigenvalue weighted by Crippen LogP contribution is -2.41. The molecule has 3 aromatic rings. The Morgan fingerprint density at radius 3 is 2.44 bits per heavy atom. The van der Waals surface area contributed by atoms with E-state index in [0.717, 1.165) is 30.5 Å². The molecule has 0 fully saturated rings. The number of anilines is 4. The minimum absolute atomic E-state index is 0.0443. The summed E-state index contributed by atoms with van der Waals surface area (Å²) in [7, 11) is -1.31. The van der Waals surface area contributed by atoms with Crippen molar-refractivity contribution in [1.29, 1.82) is 0 Å². The fraction of sp³-hybridized carbons (Fsp3) is 0.455. The van der Waals surface area contributed by atoms with Crippen LogP contribution in [-0.2, 0) is 9.84 Å². The summed E-state index contributed by atoms with van der Waals surface area (Å²) in [4.78, 5) is 11.7. The molecule has 1 aliphatic rings. The monoisotopic (exact) mass is 625 g/mol. The summed E-state index contributed by atoms with van der Waals surface area (Å²) < 4.78 is 32.3. The van der Waals surface area contributed by atoms with Crippen molar-refractivity contribution >= 4 is 50.2 Å². The Kier molecular flexibility index (Phi) is 10.4. The average Bonchev–Trinajstić information content (AvgIpc) is 2.96. The van der Waals surface area contributed by atoms with E-state index in [1.165, 1.54) is 17.3 Å². The molecular formula is C33H44ClN5O3S. The molecule has 232 valence electrons. The van der Waals surface area contributed by atoms with Gasteiger partial charge in [-0.3, -0.25) is 4.90 Å². The number of nitrogens with zero attached hydrogens (tertiary/aromatic N) is 3. The highest BCUT2D eigenvalue weighted by molar-refractivity contribution is 7.92. The number of para-hydroxylation sites is 1. The molecule has 0 spiro atoms. The number of ether oxygens (including phenoxy) is 1. The van der Waals surface area contributed by atoms with Crippen LogP contribution in [0.1, 0.15) is 71.9 Å². The van der Waals surface area contributed by atoms with E-state index in [4.69, 9.17) is 16.3 Å². The van der Waals surface area contributed by atoms with Crippen LogP contribution in [-0.4, -0.2) is 53.8 Å². The fourth-order valence-electron chi connectivity index (χ4n) is 5.44. The second-order valence-corrected chi connectivity index (χ2v) is 14.5. The maximum atomic E-state index is 13.0. The highest BCUT2D eigenvalue weighted by atomic mass is 35.5. The van der Waals surface area contributed by atoms with Crippen LogP contribution in [0.4, 0.5) is 23.1 Å². The molecule has 0 aliphatic carbocycles. The quantitative estimate of drug-likeness (QED) is 0.220. The molecule has 0 saturated heterocycles. The average molecular weight is 626 g/mol. The molecule has 0 bridgehead atoms. The zero-order valence-electron chi connectivity index (χ0n) is 26.4. The zero-order chi connectivity index (χ0) is 31.5. The van der Waals surface area contributed by atoms with Gasteiger partial charge in [0.25, 0.3) is 0 Å². The molecule has 4 rings (SSSR count). The van der Waals surface area contributed by atoms with Gasteiger partial charge in [-0.1, -0.05) is 43.7 Å². The van der Waals surface area contributed by atoms with E-state index in [0.29, 0.717) is 29.5 Å². The number of hydrogen-bond acceptors (Lipinski definition) is 8. The first-order chi connectivity index (χ1) is 20.3. The summed E-state index contributed by atoms with van der Waals surface area (Å²) in [6.45, 7) is 13.9. The van der Waals surface area contributed by atoms with Gasteiger partial charge in [-0.2, -0.15) is 4.98 Å². The number of likely N-dealkylation sites (N-methyl/N-ethyl adjacent to an activating group) is 1. The molecule has 0 radical (unpaired) electrons. The lowest BCUT2D eigenvalue weighted by Gasteiger charge is -2.38. The maximum Gasteiger partial charge on any atom is 0.229 e. The summed E-state index contributed by atoms with van der Waals surface area (Å²) in [5.74, 6) is 1.29. The number of hydrogen-bond donors (Lipinski definition) is 2. The SMILES string of the molecule is CCC1C=C(c2cc(OC(C)C)c(Nc3ncc(Cl)c(Nc4ccccc4S(=O)(=O)C(C)C)n3)cc2C)CC(CC)N1C. The van der Waals surface area contributed by atoms with Gasteiger partial charge in [0.2, 0.25) is 5.95 Å². The van der Waals surface area contributed by atoms with Crippen LogP contribution in [0.5, 0.6) is 5.75 Å². The van der Waals surface area contributed by atoms with Gasteiger partial charge < -0.3 is 15.4 Å². The molecular weight excluding hydrogens is 582 g/mol. The molecule has 1 aromatic heterocycles. The van der Waals surface area contributed by atoms with Crippen LogP contribution in [0.25, 0.3) is 5.57 Å². The highest BCUT2D eigenvalue weighted by Crippen LogP contribution is 2.39. The van der Waals surface area contributed by atoms with E-state index >= 15 is 0 Å². The summed E-state index contributed by atoms with van der Waals surface area (Å²) in [5, 5.41) is 6.12. The van der Waals surface area contributed by atoms with Crippen molar-refractivity contribution in [3.05, 3.63) is 64.8 Å². The lowest BCUT2D eigenvalue weighted by atomic mass is 9.87. The third-order valence-corrected chi connectivity index (χ3v) is 10.4. The van der Waals surface area contributed by atoms with Crippen LogP contribution < -0.4 is 15.4 Å². The van der Waals surface area contributed by atoms with E-state index in [9.17, 15) is 8.42 Å². The molecule has 43 heavy (non-hydrogen) atoms. The smallest absolute Gasteiger partial charge is 0.229 e. The van der Waals surface area contributed by atoms with Crippen LogP contribution in [0.15, 0.2) is 53.6 Å². The molecule has 2 heterocycles. The van der Waals surface area contributed by atoms with Crippen LogP contribution in [0.3, 0.4) is 0 Å². The molecule has 2 atom stereocenters. The Morgan fingerprint density at radius 1 is 1.07 bits per heavy atom. The molecule has 0 amide bonds. The van der Waals surface area contributed by atoms with Gasteiger partial charge in [-0.15, -0.1) is 0 Å². The Morgan fingerprint density at radius 2 is 1.79 bits per heavy atom. The Labute approximate surface area is 261 Å². The Hall–Kier alpha value is -3.14. The predicted molar refractivity (Wildman–Crippen MR) is 178 cm³/mol. The molecule has 2 unspecified atom stereocenters. The van der Waals surface area contributed by atoms with E-state index in [1.54, 1.807) is 38.1 Å². The molecule has 8 nitrogen and oxygen atoms in total. The van der Waals surface area contributed by atoms with Crippen molar-refractivity contribution in [3.8, 4) is 5.75 Å². The lowest BCUT2D eigenvalue weighted by molar-refractivity contribution is 0.186. The minimum Gasteiger partial charge on any atom is -0.489 e. The first-order valence-electron chi connectivity index (χ1n) is 15.0. The van der Waals surface area contributed by atoms with E-state index in [-0.39, 0.29) is 21.8 Å². The van der Waals surface area contributed by atoms with Crippen molar-refractivity contribution in [2.24, 2.45) is 0 Å². The van der Waals surface area contributed by atoms with Gasteiger partial charge >= 0.3 is 0 Å². The Balaban J connectivity index is 1.70. The highest BCUT2D eigenvalue weighted by Gasteiger charge is 2.28. The Bertz CT molecular complexity index is 1590. The maximum absolute atomic E-state index is 13.0. The summed E-state index contributed by atoms with van der Waals surface area (Å²) in [6, 6.07) is 11.8. The number of rotatable bonds is 11. The van der Waals surface area contributed by atoms with Gasteiger partial charge in [-0.05, 0) is 102 Å². The molecule has 1 aliphatic heterocycles. The normalized spacial score (nSPS) is 17.7. The van der Waals surface area contributed by atoms with Gasteiger partial charge in [0.15, 0.2) is 15.7 Å². The van der Waals surface area contributed by atoms with Gasteiger partial charge in [0.05, 0.1) is 33.8 Å². The van der Waals surface area contributed by atoms with Gasteiger partial charge in [-0.25, -0.2) is 13.4 Å². The minimum atomic E-state index is -3.54. The first-order valence-corrected chi connectivity index (χ1v) is 16.9. The standard InChI is InChI=1S/C33H44ClN5O3S/c1-9-24-16-23(17-25(10-2)39(24)8)26-18-30(42-20(3)4)29(15-22(26)7)37-33-35-19-27(34)32(38-33)36-28-13-11-12-14-31(28)43(40,41)21(5)6/h11-16,18-21,24-25H,9-10,17H2,1-8H3,(H2,35,36,37,38). The second kappa shape index (κ2) is 13.7. The van der Waals surface area contributed by atoms with Gasteiger partial charge in [0, 0.05) is 12.1 Å². The largest absolute Gasteiger partial charge is 0.489 e. The van der Waals surface area contributed by atoms with Crippen molar-refractivity contribution in [1.82, 2.24) is 14.9 Å². The van der Waals surface area contributed by atoms with Crippen molar-refractivity contribution in [2.75, 3.05) is 17.7 Å². The summed E-state index contributed by atoms with van der Waals surface area (Å²) in [6.07, 6.45) is 6.98. The van der Waals surface area contributed by atoms with Crippen molar-refractivity contribution in [2.45, 2.75) is 96.1 Å². The topological polar surface area (TPSA) is 96.4 Å². The number of benzene rings is 2. The summed E-state index contributed by atoms with van der Waals surface area (Å²) >= 11 is 6.47. The van der Waals surface area contributed by atoms with Gasteiger partial charge in [0.1, 0.15) is 10.8 Å². The number of aryl methyl sites for hydroxylation is 1. The first kappa shape index (κ1) is 32.8. The fourth-order valence-corrected chi connectivity index (χ4v) is 6.78. The second-order valence-electron chi connectivity index (χ2n) is 11.7. The molecule has 10 heteroatoms. The predicted octanol–water partition coefficient (Wildman–Crippen LogP) is 8.17. The third kappa shape index (κ3) is 7.33. The van der Waals surface area contributed by atoms with E-state index in [1.807, 2.05) is 13.8 Å². The number of halogens is 1. The number of nitrogens with one attached hydrogen (secondary N) is 2.